The van der Waals surface area contributed by atoms with E-state index < -0.39 is 12.4 Å². The molecule has 0 bridgehead atoms. The molecular formula is C10H12BF3NO-. The molecule has 2 nitrogen and oxygen atoms in total. The lowest BCUT2D eigenvalue weighted by Gasteiger charge is -2.36. The number of nitrogens with zero attached hydrogens (tertiary/aromatic N) is 1. The number of aliphatic hydroxyl groups excluding tert-OH is 1. The van der Waals surface area contributed by atoms with Crippen LogP contribution in [-0.4, -0.2) is 36.2 Å². The Morgan fingerprint density at radius 1 is 1.31 bits per heavy atom. The number of rotatable bonds is 3. The second kappa shape index (κ2) is 4.10. The van der Waals surface area contributed by atoms with Gasteiger partial charge in [-0.1, -0.05) is 24.3 Å². The van der Waals surface area contributed by atoms with E-state index in [1.807, 2.05) is 4.90 Å². The largest absolute Gasteiger partial charge is 0.509 e. The average Bonchev–Trinajstić information content (AvgIpc) is 2.14. The highest BCUT2D eigenvalue weighted by atomic mass is 19.4. The summed E-state index contributed by atoms with van der Waals surface area (Å²) in [6, 6.07) is 5.38. The van der Waals surface area contributed by atoms with E-state index in [0.717, 1.165) is 6.07 Å². The van der Waals surface area contributed by atoms with Crippen LogP contribution >= 0.6 is 0 Å². The minimum atomic E-state index is -4.92. The maximum absolute atomic E-state index is 12.5. The number of likely N-dealkylation sites (tertiary alicyclic amines) is 1. The van der Waals surface area contributed by atoms with E-state index >= 15 is 0 Å². The third-order valence-corrected chi connectivity index (χ3v) is 2.67. The minimum Gasteiger partial charge on any atom is -0.445 e. The first kappa shape index (κ1) is 11.5. The van der Waals surface area contributed by atoms with E-state index in [4.69, 9.17) is 5.11 Å². The van der Waals surface area contributed by atoms with E-state index in [9.17, 15) is 12.9 Å². The Kier molecular flexibility index (Phi) is 2.94. The van der Waals surface area contributed by atoms with Crippen LogP contribution in [0.3, 0.4) is 0 Å². The number of benzene rings is 1. The summed E-state index contributed by atoms with van der Waals surface area (Å²) < 4.78 is 37.4. The van der Waals surface area contributed by atoms with Crippen molar-refractivity contribution in [2.75, 3.05) is 13.1 Å². The third kappa shape index (κ3) is 2.57. The standard InChI is InChI=1S/C10H12BF3NO/c12-11(13,14)9-3-1-2-8(4-9)5-15-6-10(16)7-15/h1-4,10,16H,5-7H2/q-1. The zero-order valence-electron chi connectivity index (χ0n) is 8.61. The van der Waals surface area contributed by atoms with Crippen molar-refractivity contribution in [2.45, 2.75) is 12.6 Å². The highest BCUT2D eigenvalue weighted by molar-refractivity contribution is 6.73. The molecule has 6 heteroatoms. The quantitative estimate of drug-likeness (QED) is 0.780. The van der Waals surface area contributed by atoms with Crippen molar-refractivity contribution in [1.82, 2.24) is 4.90 Å². The number of β-amino-alcohol motifs (C(OH)–C–C–N with tert-alkyl or cyclic N) is 1. The van der Waals surface area contributed by atoms with Crippen LogP contribution in [0.1, 0.15) is 5.56 Å². The molecule has 1 aromatic carbocycles. The van der Waals surface area contributed by atoms with Crippen molar-refractivity contribution in [3.8, 4) is 0 Å². The number of aliphatic hydroxyl groups is 1. The molecule has 0 saturated carbocycles. The van der Waals surface area contributed by atoms with Gasteiger partial charge >= 0.3 is 6.98 Å². The van der Waals surface area contributed by atoms with E-state index in [1.165, 1.54) is 12.1 Å². The van der Waals surface area contributed by atoms with Crippen molar-refractivity contribution in [1.29, 1.82) is 0 Å². The van der Waals surface area contributed by atoms with Crippen LogP contribution in [0, 0.1) is 0 Å². The first-order valence-corrected chi connectivity index (χ1v) is 5.14. The van der Waals surface area contributed by atoms with Crippen molar-refractivity contribution in [3.05, 3.63) is 29.8 Å². The Labute approximate surface area is 91.7 Å². The SMILES string of the molecule is OC1CN(Cc2cccc([B-](F)(F)F)c2)C1. The summed E-state index contributed by atoms with van der Waals surface area (Å²) in [6.45, 7) is -3.36. The minimum absolute atomic E-state index is 0.324. The molecule has 0 amide bonds. The summed E-state index contributed by atoms with van der Waals surface area (Å²) in [7, 11) is 0. The Morgan fingerprint density at radius 3 is 2.56 bits per heavy atom. The predicted octanol–water partition coefficient (Wildman–Crippen LogP) is 0.917. The number of halogens is 3. The summed E-state index contributed by atoms with van der Waals surface area (Å²) in [4.78, 5) is 1.91. The van der Waals surface area contributed by atoms with Gasteiger partial charge in [0.05, 0.1) is 6.10 Å². The molecule has 1 saturated heterocycles. The van der Waals surface area contributed by atoms with Gasteiger partial charge in [-0.25, -0.2) is 0 Å². The molecule has 0 unspecified atom stereocenters. The van der Waals surface area contributed by atoms with Crippen LogP contribution in [0.15, 0.2) is 24.3 Å². The third-order valence-electron chi connectivity index (χ3n) is 2.67. The van der Waals surface area contributed by atoms with E-state index in [0.29, 0.717) is 25.2 Å². The van der Waals surface area contributed by atoms with Crippen molar-refractivity contribution >= 4 is 12.4 Å². The van der Waals surface area contributed by atoms with Crippen LogP contribution in [0.4, 0.5) is 12.9 Å². The lowest BCUT2D eigenvalue weighted by atomic mass is 9.79. The summed E-state index contributed by atoms with van der Waals surface area (Å²) >= 11 is 0. The first-order valence-electron chi connectivity index (χ1n) is 5.14. The van der Waals surface area contributed by atoms with Gasteiger partial charge in [0.2, 0.25) is 0 Å². The molecule has 0 aliphatic carbocycles. The van der Waals surface area contributed by atoms with Crippen molar-refractivity contribution in [3.63, 3.8) is 0 Å². The van der Waals surface area contributed by atoms with Gasteiger partial charge in [0, 0.05) is 19.6 Å². The Bertz CT molecular complexity index is 377. The predicted molar refractivity (Wildman–Crippen MR) is 56.4 cm³/mol. The van der Waals surface area contributed by atoms with Gasteiger partial charge in [-0.3, -0.25) is 4.90 Å². The molecule has 16 heavy (non-hydrogen) atoms. The first-order chi connectivity index (χ1) is 7.45. The summed E-state index contributed by atoms with van der Waals surface area (Å²) in [5.41, 5.74) is 0.0853. The monoisotopic (exact) mass is 230 g/mol. The second-order valence-electron chi connectivity index (χ2n) is 4.17. The van der Waals surface area contributed by atoms with E-state index in [1.54, 1.807) is 6.07 Å². The lowest BCUT2D eigenvalue weighted by Crippen LogP contribution is -2.50. The summed E-state index contributed by atoms with van der Waals surface area (Å²) in [5, 5.41) is 9.06. The summed E-state index contributed by atoms with van der Waals surface area (Å²) in [6.07, 6.45) is -0.324. The van der Waals surface area contributed by atoms with Crippen LogP contribution < -0.4 is 5.46 Å². The number of hydrogen-bond donors (Lipinski definition) is 1. The fourth-order valence-corrected chi connectivity index (χ4v) is 1.82. The maximum Gasteiger partial charge on any atom is 0.509 e. The van der Waals surface area contributed by atoms with Gasteiger partial charge < -0.3 is 18.1 Å². The number of hydrogen-bond acceptors (Lipinski definition) is 2. The molecule has 1 aliphatic heterocycles. The Morgan fingerprint density at radius 2 is 2.00 bits per heavy atom. The zero-order valence-corrected chi connectivity index (χ0v) is 8.61. The highest BCUT2D eigenvalue weighted by Gasteiger charge is 2.27. The van der Waals surface area contributed by atoms with Crippen LogP contribution in [-0.2, 0) is 6.54 Å². The Balaban J connectivity index is 2.05. The fourth-order valence-electron chi connectivity index (χ4n) is 1.82. The molecule has 0 radical (unpaired) electrons. The van der Waals surface area contributed by atoms with Crippen LogP contribution in [0.5, 0.6) is 0 Å². The molecule has 1 aliphatic rings. The lowest BCUT2D eigenvalue weighted by molar-refractivity contribution is -0.00285. The van der Waals surface area contributed by atoms with Gasteiger partial charge in [0.1, 0.15) is 0 Å². The molecule has 1 heterocycles. The van der Waals surface area contributed by atoms with Crippen LogP contribution in [0.25, 0.3) is 0 Å². The molecule has 1 fully saturated rings. The van der Waals surface area contributed by atoms with Crippen molar-refractivity contribution < 1.29 is 18.1 Å². The smallest absolute Gasteiger partial charge is 0.445 e. The van der Waals surface area contributed by atoms with Gasteiger partial charge in [-0.15, -0.1) is 5.46 Å². The van der Waals surface area contributed by atoms with E-state index in [-0.39, 0.29) is 6.10 Å². The van der Waals surface area contributed by atoms with Crippen LogP contribution in [0.2, 0.25) is 0 Å². The normalized spacial score (nSPS) is 18.5. The molecule has 0 spiro atoms. The molecule has 1 aromatic rings. The maximum atomic E-state index is 12.5. The zero-order chi connectivity index (χ0) is 11.8. The topological polar surface area (TPSA) is 23.5 Å². The molecule has 0 atom stereocenters. The van der Waals surface area contributed by atoms with Gasteiger partial charge in [-0.05, 0) is 5.56 Å². The Hall–Kier alpha value is -1.01. The second-order valence-corrected chi connectivity index (χ2v) is 4.17. The van der Waals surface area contributed by atoms with Gasteiger partial charge in [0.15, 0.2) is 0 Å². The highest BCUT2D eigenvalue weighted by Crippen LogP contribution is 2.14. The van der Waals surface area contributed by atoms with Gasteiger partial charge in [-0.2, -0.15) is 0 Å². The molecule has 0 aromatic heterocycles. The molecule has 2 rings (SSSR count). The van der Waals surface area contributed by atoms with Gasteiger partial charge in [0.25, 0.3) is 0 Å². The molecule has 88 valence electrons. The molecular weight excluding hydrogens is 218 g/mol. The van der Waals surface area contributed by atoms with Crippen molar-refractivity contribution in [2.24, 2.45) is 0 Å². The van der Waals surface area contributed by atoms with E-state index in [2.05, 4.69) is 0 Å². The fraction of sp³-hybridized carbons (Fsp3) is 0.400. The average molecular weight is 230 g/mol. The molecule has 1 N–H and O–H groups in total. The summed E-state index contributed by atoms with van der Waals surface area (Å²) in [5.74, 6) is 0.